The highest BCUT2D eigenvalue weighted by atomic mass is 32.2. The lowest BCUT2D eigenvalue weighted by Gasteiger charge is -2.41. The molecule has 0 spiro atoms. The van der Waals surface area contributed by atoms with Crippen LogP contribution in [0.25, 0.3) is 0 Å². The Kier molecular flexibility index (Phi) is 4.70. The Balaban J connectivity index is 1.85. The van der Waals surface area contributed by atoms with E-state index < -0.39 is 10.2 Å². The van der Waals surface area contributed by atoms with Crippen LogP contribution in [0.4, 0.5) is 0 Å². The molecule has 126 valence electrons. The first kappa shape index (κ1) is 16.4. The van der Waals surface area contributed by atoms with Crippen LogP contribution in [0.3, 0.4) is 0 Å². The van der Waals surface area contributed by atoms with Gasteiger partial charge in [-0.05, 0) is 18.4 Å². The minimum absolute atomic E-state index is 0.0166. The summed E-state index contributed by atoms with van der Waals surface area (Å²) in [5.74, 6) is -0.0166. The smallest absolute Gasteiger partial charge is 0.282 e. The fourth-order valence-corrected chi connectivity index (χ4v) is 5.08. The van der Waals surface area contributed by atoms with Gasteiger partial charge in [0.15, 0.2) is 0 Å². The fourth-order valence-electron chi connectivity index (χ4n) is 3.39. The summed E-state index contributed by atoms with van der Waals surface area (Å²) >= 11 is 0. The number of carbonyl (C=O) groups is 1. The molecule has 2 heterocycles. The standard InChI is InChI=1S/C16H23N3O3S/c1-14(20)19-12-11-18(23(21,22)17-9-5-6-10-17)13-16(19)15-7-3-2-4-8-15/h2-4,7-8,16H,5-6,9-13H2,1H3/t16-/m1/s1. The quantitative estimate of drug-likeness (QED) is 0.833. The van der Waals surface area contributed by atoms with Gasteiger partial charge in [-0.2, -0.15) is 17.0 Å². The summed E-state index contributed by atoms with van der Waals surface area (Å²) in [6, 6.07) is 9.44. The van der Waals surface area contributed by atoms with Crippen molar-refractivity contribution in [2.24, 2.45) is 0 Å². The number of rotatable bonds is 3. The van der Waals surface area contributed by atoms with Crippen LogP contribution in [0.1, 0.15) is 31.4 Å². The summed E-state index contributed by atoms with van der Waals surface area (Å²) in [4.78, 5) is 13.7. The van der Waals surface area contributed by atoms with Crippen LogP contribution >= 0.6 is 0 Å². The number of hydrogen-bond donors (Lipinski definition) is 0. The highest BCUT2D eigenvalue weighted by Crippen LogP contribution is 2.28. The van der Waals surface area contributed by atoms with Crippen LogP contribution < -0.4 is 0 Å². The number of benzene rings is 1. The molecule has 0 N–H and O–H groups in total. The molecular weight excluding hydrogens is 314 g/mol. The van der Waals surface area contributed by atoms with Crippen LogP contribution in [-0.4, -0.2) is 60.6 Å². The SMILES string of the molecule is CC(=O)N1CCN(S(=O)(=O)N2CCCC2)C[C@@H]1c1ccccc1. The molecule has 0 unspecified atom stereocenters. The summed E-state index contributed by atoms with van der Waals surface area (Å²) in [6.07, 6.45) is 1.85. The number of piperazine rings is 1. The number of nitrogens with zero attached hydrogens (tertiary/aromatic N) is 3. The Bertz CT molecular complexity index is 656. The van der Waals surface area contributed by atoms with Gasteiger partial charge in [0.25, 0.3) is 10.2 Å². The minimum atomic E-state index is -3.42. The lowest BCUT2D eigenvalue weighted by Crippen LogP contribution is -2.54. The van der Waals surface area contributed by atoms with Gasteiger partial charge in [-0.25, -0.2) is 0 Å². The summed E-state index contributed by atoms with van der Waals surface area (Å²) in [7, 11) is -3.42. The largest absolute Gasteiger partial charge is 0.333 e. The first-order chi connectivity index (χ1) is 11.0. The highest BCUT2D eigenvalue weighted by Gasteiger charge is 2.38. The summed E-state index contributed by atoms with van der Waals surface area (Å²) < 4.78 is 28.7. The number of carbonyl (C=O) groups excluding carboxylic acids is 1. The molecule has 1 aromatic carbocycles. The molecule has 2 saturated heterocycles. The second kappa shape index (κ2) is 6.59. The molecule has 1 atom stereocenters. The second-order valence-corrected chi connectivity index (χ2v) is 8.04. The highest BCUT2D eigenvalue weighted by molar-refractivity contribution is 7.86. The third kappa shape index (κ3) is 3.27. The average molecular weight is 337 g/mol. The Morgan fingerprint density at radius 3 is 2.26 bits per heavy atom. The maximum Gasteiger partial charge on any atom is 0.282 e. The molecule has 2 aliphatic heterocycles. The van der Waals surface area contributed by atoms with Crippen molar-refractivity contribution in [1.29, 1.82) is 0 Å². The van der Waals surface area contributed by atoms with E-state index in [0.29, 0.717) is 32.7 Å². The van der Waals surface area contributed by atoms with Crippen LogP contribution in [0.5, 0.6) is 0 Å². The van der Waals surface area contributed by atoms with Gasteiger partial charge in [0, 0.05) is 39.6 Å². The Morgan fingerprint density at radius 1 is 1.00 bits per heavy atom. The Morgan fingerprint density at radius 2 is 1.65 bits per heavy atom. The average Bonchev–Trinajstić information content (AvgIpc) is 3.10. The molecule has 6 nitrogen and oxygen atoms in total. The van der Waals surface area contributed by atoms with Crippen molar-refractivity contribution >= 4 is 16.1 Å². The van der Waals surface area contributed by atoms with Gasteiger partial charge < -0.3 is 4.90 Å². The van der Waals surface area contributed by atoms with E-state index in [-0.39, 0.29) is 11.9 Å². The van der Waals surface area contributed by atoms with E-state index in [1.54, 1.807) is 16.1 Å². The van der Waals surface area contributed by atoms with E-state index >= 15 is 0 Å². The number of amides is 1. The summed E-state index contributed by atoms with van der Waals surface area (Å²) in [5.41, 5.74) is 0.976. The lowest BCUT2D eigenvalue weighted by molar-refractivity contribution is -0.133. The van der Waals surface area contributed by atoms with Crippen molar-refractivity contribution in [1.82, 2.24) is 13.5 Å². The zero-order valence-corrected chi connectivity index (χ0v) is 14.2. The van der Waals surface area contributed by atoms with Crippen LogP contribution in [-0.2, 0) is 15.0 Å². The summed E-state index contributed by atoms with van der Waals surface area (Å²) in [5, 5.41) is 0. The van der Waals surface area contributed by atoms with Crippen molar-refractivity contribution in [3.63, 3.8) is 0 Å². The molecule has 0 saturated carbocycles. The zero-order chi connectivity index (χ0) is 16.4. The van der Waals surface area contributed by atoms with Crippen LogP contribution in [0.2, 0.25) is 0 Å². The minimum Gasteiger partial charge on any atom is -0.333 e. The summed E-state index contributed by atoms with van der Waals surface area (Å²) in [6.45, 7) is 3.86. The van der Waals surface area contributed by atoms with Gasteiger partial charge in [0.2, 0.25) is 5.91 Å². The Hall–Kier alpha value is -1.44. The van der Waals surface area contributed by atoms with E-state index in [0.717, 1.165) is 18.4 Å². The topological polar surface area (TPSA) is 60.9 Å². The maximum absolute atomic E-state index is 12.8. The van der Waals surface area contributed by atoms with Crippen molar-refractivity contribution in [3.05, 3.63) is 35.9 Å². The zero-order valence-electron chi connectivity index (χ0n) is 13.4. The molecule has 0 aliphatic carbocycles. The Labute approximate surface area is 137 Å². The molecule has 1 aromatic rings. The predicted molar refractivity (Wildman–Crippen MR) is 87.9 cm³/mol. The molecule has 7 heteroatoms. The number of hydrogen-bond acceptors (Lipinski definition) is 3. The van der Waals surface area contributed by atoms with E-state index in [1.165, 1.54) is 4.31 Å². The first-order valence-corrected chi connectivity index (χ1v) is 9.47. The third-order valence-corrected chi connectivity index (χ3v) is 6.65. The van der Waals surface area contributed by atoms with Gasteiger partial charge in [0.05, 0.1) is 6.04 Å². The lowest BCUT2D eigenvalue weighted by atomic mass is 10.0. The van der Waals surface area contributed by atoms with Gasteiger partial charge >= 0.3 is 0 Å². The van der Waals surface area contributed by atoms with Crippen LogP contribution in [0, 0.1) is 0 Å². The fraction of sp³-hybridized carbons (Fsp3) is 0.562. The van der Waals surface area contributed by atoms with E-state index in [9.17, 15) is 13.2 Å². The molecule has 0 radical (unpaired) electrons. The maximum atomic E-state index is 12.8. The molecule has 2 fully saturated rings. The molecule has 23 heavy (non-hydrogen) atoms. The van der Waals surface area contributed by atoms with Crippen molar-refractivity contribution in [3.8, 4) is 0 Å². The van der Waals surface area contributed by atoms with Crippen LogP contribution in [0.15, 0.2) is 30.3 Å². The van der Waals surface area contributed by atoms with Gasteiger partial charge in [-0.3, -0.25) is 4.79 Å². The van der Waals surface area contributed by atoms with Gasteiger partial charge in [-0.15, -0.1) is 0 Å². The molecule has 0 bridgehead atoms. The molecule has 0 aromatic heterocycles. The van der Waals surface area contributed by atoms with Crippen molar-refractivity contribution in [2.45, 2.75) is 25.8 Å². The molecule has 1 amide bonds. The van der Waals surface area contributed by atoms with Gasteiger partial charge in [0.1, 0.15) is 0 Å². The van der Waals surface area contributed by atoms with Crippen molar-refractivity contribution < 1.29 is 13.2 Å². The van der Waals surface area contributed by atoms with E-state index in [2.05, 4.69) is 0 Å². The molecule has 3 rings (SSSR count). The molecular formula is C16H23N3O3S. The monoisotopic (exact) mass is 337 g/mol. The van der Waals surface area contributed by atoms with E-state index in [4.69, 9.17) is 0 Å². The predicted octanol–water partition coefficient (Wildman–Crippen LogP) is 1.23. The molecule has 2 aliphatic rings. The van der Waals surface area contributed by atoms with Crippen molar-refractivity contribution in [2.75, 3.05) is 32.7 Å². The van der Waals surface area contributed by atoms with Gasteiger partial charge in [-0.1, -0.05) is 30.3 Å². The third-order valence-electron chi connectivity index (χ3n) is 4.65. The second-order valence-electron chi connectivity index (χ2n) is 6.11. The first-order valence-electron chi connectivity index (χ1n) is 8.07. The van der Waals surface area contributed by atoms with E-state index in [1.807, 2.05) is 30.3 Å². The normalized spacial score (nSPS) is 24.0.